The highest BCUT2D eigenvalue weighted by molar-refractivity contribution is 6.76. The summed E-state index contributed by atoms with van der Waals surface area (Å²) < 4.78 is 16.7. The molecule has 0 aliphatic carbocycles. The Balaban J connectivity index is 1.95. The summed E-state index contributed by atoms with van der Waals surface area (Å²) in [5.74, 6) is -0.0492. The Morgan fingerprint density at radius 1 is 1.32 bits per heavy atom. The van der Waals surface area contributed by atoms with Gasteiger partial charge in [0.05, 0.1) is 12.6 Å². The van der Waals surface area contributed by atoms with Crippen molar-refractivity contribution in [3.05, 3.63) is 0 Å². The number of amides is 2. The van der Waals surface area contributed by atoms with Crippen molar-refractivity contribution in [3.63, 3.8) is 0 Å². The molecule has 1 N–H and O–H groups in total. The minimum atomic E-state index is -1.15. The number of piperidine rings is 1. The van der Waals surface area contributed by atoms with Crippen LogP contribution in [0.5, 0.6) is 0 Å². The molecule has 2 rings (SSSR count). The zero-order valence-corrected chi connectivity index (χ0v) is 17.3. The van der Waals surface area contributed by atoms with Gasteiger partial charge in [-0.15, -0.1) is 0 Å². The smallest absolute Gasteiger partial charge is 0.410 e. The maximum Gasteiger partial charge on any atom is 0.410 e. The van der Waals surface area contributed by atoms with Crippen molar-refractivity contribution in [3.8, 4) is 0 Å². The third-order valence-electron chi connectivity index (χ3n) is 4.26. The number of rotatable bonds is 5. The van der Waals surface area contributed by atoms with Crippen LogP contribution in [0.25, 0.3) is 0 Å². The zero-order valence-electron chi connectivity index (χ0n) is 16.3. The highest BCUT2D eigenvalue weighted by Crippen LogP contribution is 2.27. The Morgan fingerprint density at radius 3 is 2.60 bits per heavy atom. The Morgan fingerprint density at radius 2 is 2.00 bits per heavy atom. The third kappa shape index (κ3) is 6.18. The van der Waals surface area contributed by atoms with Crippen LogP contribution in [0.4, 0.5) is 9.59 Å². The topological polar surface area (TPSA) is 77.1 Å². The largest absolute Gasteiger partial charge is 0.444 e. The molecule has 0 bridgehead atoms. The number of fused-ring (bicyclic) bond motifs is 1. The van der Waals surface area contributed by atoms with Gasteiger partial charge in [-0.05, 0) is 26.8 Å². The molecule has 25 heavy (non-hydrogen) atoms. The van der Waals surface area contributed by atoms with E-state index in [9.17, 15) is 9.59 Å². The molecule has 0 saturated carbocycles. The van der Waals surface area contributed by atoms with E-state index in [4.69, 9.17) is 14.2 Å². The summed E-state index contributed by atoms with van der Waals surface area (Å²) in [6, 6.07) is 0.876. The number of likely N-dealkylation sites (tertiary alicyclic amines) is 1. The minimum absolute atomic E-state index is 0.0492. The normalized spacial score (nSPS) is 26.7. The van der Waals surface area contributed by atoms with Gasteiger partial charge in [0, 0.05) is 33.7 Å². The van der Waals surface area contributed by atoms with Crippen molar-refractivity contribution in [2.24, 2.45) is 5.92 Å². The van der Waals surface area contributed by atoms with Crippen molar-refractivity contribution in [2.75, 3.05) is 26.3 Å². The molecule has 2 amide bonds. The van der Waals surface area contributed by atoms with Crippen molar-refractivity contribution >= 4 is 20.3 Å². The van der Waals surface area contributed by atoms with Crippen LogP contribution in [0.3, 0.4) is 0 Å². The molecule has 7 nitrogen and oxygen atoms in total. The number of carbonyl (C=O) groups is 2. The van der Waals surface area contributed by atoms with Gasteiger partial charge in [-0.25, -0.2) is 9.59 Å². The molecule has 2 fully saturated rings. The molecule has 3 atom stereocenters. The molecule has 0 radical (unpaired) electrons. The first-order valence-electron chi connectivity index (χ1n) is 8.97. The van der Waals surface area contributed by atoms with E-state index in [2.05, 4.69) is 25.0 Å². The third-order valence-corrected chi connectivity index (χ3v) is 5.96. The molecule has 2 aliphatic rings. The lowest BCUT2D eigenvalue weighted by atomic mass is 9.92. The first-order valence-corrected chi connectivity index (χ1v) is 12.7. The van der Waals surface area contributed by atoms with Crippen LogP contribution >= 0.6 is 0 Å². The van der Waals surface area contributed by atoms with E-state index in [-0.39, 0.29) is 24.2 Å². The quantitative estimate of drug-likeness (QED) is 0.593. The first-order chi connectivity index (χ1) is 11.4. The fourth-order valence-electron chi connectivity index (χ4n) is 2.98. The number of hydrogen-bond acceptors (Lipinski definition) is 5. The second-order valence-corrected chi connectivity index (χ2v) is 14.8. The number of alkyl carbamates (subject to hydrolysis) is 1. The lowest BCUT2D eigenvalue weighted by Crippen LogP contribution is -2.57. The average molecular weight is 373 g/mol. The number of hydrogen-bond donors (Lipinski definition) is 1. The molecule has 2 saturated heterocycles. The van der Waals surface area contributed by atoms with Crippen molar-refractivity contribution in [1.82, 2.24) is 10.2 Å². The van der Waals surface area contributed by atoms with Gasteiger partial charge in [0.15, 0.2) is 0 Å². The predicted octanol–water partition coefficient (Wildman–Crippen LogP) is 2.69. The van der Waals surface area contributed by atoms with Crippen LogP contribution < -0.4 is 5.32 Å². The second-order valence-electron chi connectivity index (χ2n) is 9.15. The van der Waals surface area contributed by atoms with Gasteiger partial charge in [0.2, 0.25) is 0 Å². The van der Waals surface area contributed by atoms with Crippen molar-refractivity contribution in [2.45, 2.75) is 64.2 Å². The SMILES string of the molecule is CC(C)(C)OC(=O)N1C[C@H](COCC[Si](C)(C)C)[C@H]2OC(=O)N[C@@H]2C1. The van der Waals surface area contributed by atoms with E-state index in [1.165, 1.54) is 0 Å². The summed E-state index contributed by atoms with van der Waals surface area (Å²) in [6.07, 6.45) is -1.04. The van der Waals surface area contributed by atoms with E-state index >= 15 is 0 Å². The molecule has 0 aromatic heterocycles. The van der Waals surface area contributed by atoms with Gasteiger partial charge in [0.1, 0.15) is 11.7 Å². The molecule has 0 spiro atoms. The molecule has 0 unspecified atom stereocenters. The summed E-state index contributed by atoms with van der Waals surface area (Å²) in [5, 5.41) is 2.79. The summed E-state index contributed by atoms with van der Waals surface area (Å²) >= 11 is 0. The number of ether oxygens (including phenoxy) is 3. The molecule has 0 aromatic carbocycles. The number of nitrogens with zero attached hydrogens (tertiary/aromatic N) is 1. The van der Waals surface area contributed by atoms with E-state index in [1.807, 2.05) is 20.8 Å². The molecule has 8 heteroatoms. The highest BCUT2D eigenvalue weighted by Gasteiger charge is 2.46. The molecular formula is C17H32N2O5Si. The average Bonchev–Trinajstić information content (AvgIpc) is 2.80. The van der Waals surface area contributed by atoms with E-state index in [0.29, 0.717) is 26.3 Å². The van der Waals surface area contributed by atoms with Crippen molar-refractivity contribution < 1.29 is 23.8 Å². The molecule has 2 heterocycles. The molecule has 144 valence electrons. The van der Waals surface area contributed by atoms with E-state index in [1.54, 1.807) is 4.90 Å². The first kappa shape index (κ1) is 20.0. The predicted molar refractivity (Wildman–Crippen MR) is 97.5 cm³/mol. The monoisotopic (exact) mass is 372 g/mol. The number of carbonyl (C=O) groups excluding carboxylic acids is 2. The zero-order chi connectivity index (χ0) is 18.8. The van der Waals surface area contributed by atoms with Crippen LogP contribution in [0, 0.1) is 5.92 Å². The summed E-state index contributed by atoms with van der Waals surface area (Å²) in [6.45, 7) is 14.5. The maximum absolute atomic E-state index is 12.4. The summed E-state index contributed by atoms with van der Waals surface area (Å²) in [7, 11) is -1.15. The maximum atomic E-state index is 12.4. The van der Waals surface area contributed by atoms with Gasteiger partial charge in [-0.3, -0.25) is 0 Å². The lowest BCUT2D eigenvalue weighted by Gasteiger charge is -2.39. The van der Waals surface area contributed by atoms with Gasteiger partial charge < -0.3 is 24.4 Å². The van der Waals surface area contributed by atoms with Gasteiger partial charge in [0.25, 0.3) is 0 Å². The van der Waals surface area contributed by atoms with Crippen LogP contribution in [0.2, 0.25) is 25.7 Å². The van der Waals surface area contributed by atoms with Gasteiger partial charge in [-0.1, -0.05) is 19.6 Å². The lowest BCUT2D eigenvalue weighted by molar-refractivity contribution is -0.0282. The van der Waals surface area contributed by atoms with Crippen LogP contribution in [-0.2, 0) is 14.2 Å². The summed E-state index contributed by atoms with van der Waals surface area (Å²) in [4.78, 5) is 25.7. The minimum Gasteiger partial charge on any atom is -0.444 e. The highest BCUT2D eigenvalue weighted by atomic mass is 28.3. The Bertz CT molecular complexity index is 500. The van der Waals surface area contributed by atoms with Crippen LogP contribution in [-0.4, -0.2) is 69.2 Å². The van der Waals surface area contributed by atoms with Crippen molar-refractivity contribution in [1.29, 1.82) is 0 Å². The molecular weight excluding hydrogens is 340 g/mol. The van der Waals surface area contributed by atoms with E-state index in [0.717, 1.165) is 6.04 Å². The Labute approximate surface area is 151 Å². The van der Waals surface area contributed by atoms with Crippen LogP contribution in [0.15, 0.2) is 0 Å². The fraction of sp³-hybridized carbons (Fsp3) is 0.882. The standard InChI is InChI=1S/C17H32N2O5Si/c1-17(2,3)24-16(21)19-9-12(11-22-7-8-25(4,5)6)14-13(10-19)18-15(20)23-14/h12-14H,7-11H2,1-6H3,(H,18,20)/t12-,13-,14-/m1/s1. The fourth-order valence-corrected chi connectivity index (χ4v) is 3.74. The molecule has 2 aliphatic heterocycles. The van der Waals surface area contributed by atoms with Gasteiger partial charge >= 0.3 is 12.2 Å². The van der Waals surface area contributed by atoms with E-state index < -0.39 is 19.8 Å². The van der Waals surface area contributed by atoms with Crippen LogP contribution in [0.1, 0.15) is 20.8 Å². The Kier molecular flexibility index (Phi) is 6.04. The van der Waals surface area contributed by atoms with Gasteiger partial charge in [-0.2, -0.15) is 0 Å². The Hall–Kier alpha value is -1.28. The number of nitrogens with one attached hydrogen (secondary N) is 1. The summed E-state index contributed by atoms with van der Waals surface area (Å²) in [5.41, 5.74) is -0.549. The molecule has 0 aromatic rings. The second kappa shape index (κ2) is 7.53.